The molecule has 0 radical (unpaired) electrons. The predicted octanol–water partition coefficient (Wildman–Crippen LogP) is 6.97. The van der Waals surface area contributed by atoms with Crippen molar-refractivity contribution in [2.75, 3.05) is 0 Å². The van der Waals surface area contributed by atoms with Gasteiger partial charge in [-0.25, -0.2) is 0 Å². The van der Waals surface area contributed by atoms with E-state index < -0.39 is 18.4 Å². The molecular formula is C23H42OSn. The Morgan fingerprint density at radius 2 is 1.24 bits per heavy atom. The van der Waals surface area contributed by atoms with Crippen molar-refractivity contribution >= 4 is 22.0 Å². The van der Waals surface area contributed by atoms with Crippen LogP contribution in [0.25, 0.3) is 0 Å². The minimum absolute atomic E-state index is 0.253. The van der Waals surface area contributed by atoms with Gasteiger partial charge in [-0.2, -0.15) is 0 Å². The molecule has 1 N–H and O–H groups in total. The summed E-state index contributed by atoms with van der Waals surface area (Å²) in [6.45, 7) is 9.21. The molecule has 1 unspecified atom stereocenters. The first-order valence-corrected chi connectivity index (χ1v) is 18.4. The Hall–Kier alpha value is -0.0213. The molecule has 0 heterocycles. The second-order valence-electron chi connectivity index (χ2n) is 7.84. The van der Waals surface area contributed by atoms with Gasteiger partial charge in [0.25, 0.3) is 0 Å². The summed E-state index contributed by atoms with van der Waals surface area (Å²) in [5, 5.41) is 10.9. The van der Waals surface area contributed by atoms with E-state index in [4.69, 9.17) is 0 Å². The van der Waals surface area contributed by atoms with E-state index in [2.05, 4.69) is 52.0 Å². The van der Waals surface area contributed by atoms with Gasteiger partial charge in [0.15, 0.2) is 0 Å². The quantitative estimate of drug-likeness (QED) is 0.302. The number of benzene rings is 1. The molecule has 0 amide bonds. The number of unbranched alkanes of at least 4 members (excludes halogenated alkanes) is 4. The summed E-state index contributed by atoms with van der Waals surface area (Å²) in [7, 11) is 0. The van der Waals surface area contributed by atoms with Gasteiger partial charge in [0.05, 0.1) is 0 Å². The van der Waals surface area contributed by atoms with Crippen LogP contribution in [0, 0.1) is 0 Å². The van der Waals surface area contributed by atoms with E-state index in [1.807, 2.05) is 0 Å². The average Bonchev–Trinajstić information content (AvgIpc) is 2.66. The molecule has 1 aromatic rings. The molecule has 0 aromatic heterocycles. The molecule has 0 aliphatic heterocycles. The van der Waals surface area contributed by atoms with E-state index in [1.54, 1.807) is 3.58 Å². The summed E-state index contributed by atoms with van der Waals surface area (Å²) < 4.78 is 6.09. The van der Waals surface area contributed by atoms with Gasteiger partial charge < -0.3 is 0 Å². The Morgan fingerprint density at radius 3 is 1.72 bits per heavy atom. The normalized spacial score (nSPS) is 13.2. The SMILES string of the molecule is CCCCC(O)c1cccc[c]1[Sn]([CH2]CCC)([CH2]CCC)[CH2]CCC. The molecule has 0 aliphatic carbocycles. The van der Waals surface area contributed by atoms with Crippen molar-refractivity contribution in [3.63, 3.8) is 0 Å². The molecule has 2 heteroatoms. The molecular weight excluding hydrogens is 411 g/mol. The maximum absolute atomic E-state index is 10.9. The average molecular weight is 453 g/mol. The minimum atomic E-state index is -2.46. The zero-order chi connectivity index (χ0) is 18.5. The fraction of sp³-hybridized carbons (Fsp3) is 0.739. The zero-order valence-corrected chi connectivity index (χ0v) is 20.2. The number of rotatable bonds is 14. The summed E-state index contributed by atoms with van der Waals surface area (Å²) in [5.41, 5.74) is 1.30. The van der Waals surface area contributed by atoms with E-state index in [0.29, 0.717) is 0 Å². The zero-order valence-electron chi connectivity index (χ0n) is 17.3. The van der Waals surface area contributed by atoms with Gasteiger partial charge in [-0.15, -0.1) is 0 Å². The number of hydrogen-bond acceptors (Lipinski definition) is 1. The Morgan fingerprint density at radius 1 is 0.760 bits per heavy atom. The number of hydrogen-bond donors (Lipinski definition) is 1. The third-order valence-electron chi connectivity index (χ3n) is 5.75. The molecule has 1 nitrogen and oxygen atoms in total. The van der Waals surface area contributed by atoms with Crippen molar-refractivity contribution in [1.29, 1.82) is 0 Å². The Kier molecular flexibility index (Phi) is 12.1. The van der Waals surface area contributed by atoms with Crippen LogP contribution < -0.4 is 3.58 Å². The fourth-order valence-corrected chi connectivity index (χ4v) is 21.2. The first kappa shape index (κ1) is 23.0. The topological polar surface area (TPSA) is 20.2 Å². The van der Waals surface area contributed by atoms with E-state index in [1.165, 1.54) is 57.4 Å². The maximum atomic E-state index is 10.9. The van der Waals surface area contributed by atoms with Gasteiger partial charge >= 0.3 is 162 Å². The second kappa shape index (κ2) is 13.2. The molecule has 1 rings (SSSR count). The van der Waals surface area contributed by atoms with Gasteiger partial charge in [0.2, 0.25) is 0 Å². The summed E-state index contributed by atoms with van der Waals surface area (Å²) in [5.74, 6) is 0. The summed E-state index contributed by atoms with van der Waals surface area (Å²) in [4.78, 5) is 0. The molecule has 0 saturated carbocycles. The van der Waals surface area contributed by atoms with Crippen LogP contribution >= 0.6 is 0 Å². The van der Waals surface area contributed by atoms with Crippen molar-refractivity contribution in [2.45, 2.75) is 105 Å². The molecule has 1 atom stereocenters. The van der Waals surface area contributed by atoms with Crippen molar-refractivity contribution in [3.05, 3.63) is 29.8 Å². The van der Waals surface area contributed by atoms with Crippen LogP contribution in [0.5, 0.6) is 0 Å². The van der Waals surface area contributed by atoms with Crippen LogP contribution in [0.15, 0.2) is 24.3 Å². The van der Waals surface area contributed by atoms with Gasteiger partial charge in [0.1, 0.15) is 0 Å². The molecule has 0 saturated heterocycles. The predicted molar refractivity (Wildman–Crippen MR) is 115 cm³/mol. The number of aliphatic hydroxyl groups is 1. The van der Waals surface area contributed by atoms with E-state index in [-0.39, 0.29) is 6.10 Å². The molecule has 25 heavy (non-hydrogen) atoms. The van der Waals surface area contributed by atoms with Crippen LogP contribution in [-0.2, 0) is 0 Å². The van der Waals surface area contributed by atoms with E-state index >= 15 is 0 Å². The van der Waals surface area contributed by atoms with Crippen molar-refractivity contribution in [2.24, 2.45) is 0 Å². The van der Waals surface area contributed by atoms with Crippen LogP contribution in [0.1, 0.15) is 97.1 Å². The van der Waals surface area contributed by atoms with Crippen molar-refractivity contribution in [3.8, 4) is 0 Å². The van der Waals surface area contributed by atoms with Gasteiger partial charge in [-0.1, -0.05) is 0 Å². The third-order valence-corrected chi connectivity index (χ3v) is 21.5. The van der Waals surface area contributed by atoms with Gasteiger partial charge in [0, 0.05) is 0 Å². The van der Waals surface area contributed by atoms with E-state index in [0.717, 1.165) is 19.3 Å². The first-order valence-electron chi connectivity index (χ1n) is 10.9. The van der Waals surface area contributed by atoms with Crippen LogP contribution in [0.2, 0.25) is 13.3 Å². The molecule has 144 valence electrons. The van der Waals surface area contributed by atoms with Crippen LogP contribution in [0.3, 0.4) is 0 Å². The molecule has 0 fully saturated rings. The molecule has 0 spiro atoms. The Bertz CT molecular complexity index is 435. The molecule has 0 bridgehead atoms. The summed E-state index contributed by atoms with van der Waals surface area (Å²) in [6.07, 6.45) is 11.0. The van der Waals surface area contributed by atoms with Crippen molar-refractivity contribution < 1.29 is 5.11 Å². The Labute approximate surface area is 161 Å². The van der Waals surface area contributed by atoms with E-state index in [9.17, 15) is 5.11 Å². The van der Waals surface area contributed by atoms with Crippen molar-refractivity contribution in [1.82, 2.24) is 0 Å². The second-order valence-corrected chi connectivity index (χ2v) is 21.0. The van der Waals surface area contributed by atoms with Gasteiger partial charge in [-0.3, -0.25) is 0 Å². The summed E-state index contributed by atoms with van der Waals surface area (Å²) >= 11 is -2.46. The third kappa shape index (κ3) is 7.25. The fourth-order valence-electron chi connectivity index (χ4n) is 4.15. The van der Waals surface area contributed by atoms with Crippen LogP contribution in [-0.4, -0.2) is 23.5 Å². The Balaban J connectivity index is 3.25. The standard InChI is InChI=1S/C11H15O.3C4H9.Sn/c1-2-3-9-11(12)10-7-5-4-6-8-10;3*1-3-4-2;/h4-7,11-12H,2-3,9H2,1H3;3*1,3-4H2,2H3;. The monoisotopic (exact) mass is 454 g/mol. The van der Waals surface area contributed by atoms with Crippen LogP contribution in [0.4, 0.5) is 0 Å². The van der Waals surface area contributed by atoms with Gasteiger partial charge in [-0.05, 0) is 0 Å². The molecule has 0 aliphatic rings. The summed E-state index contributed by atoms with van der Waals surface area (Å²) in [6, 6.07) is 9.04. The number of aliphatic hydroxyl groups excluding tert-OH is 1. The molecule has 1 aromatic carbocycles. The first-order chi connectivity index (χ1) is 12.1.